The molecule has 1 aromatic heterocycles. The molecule has 0 aliphatic rings. The van der Waals surface area contributed by atoms with Crippen LogP contribution in [0.2, 0.25) is 10.2 Å². The second kappa shape index (κ2) is 4.16. The normalized spacial score (nSPS) is 9.45. The Balaban J connectivity index is 0.000001000. The zero-order valence-corrected chi connectivity index (χ0v) is 8.17. The smallest absolute Gasteiger partial charge is 0.145 e. The van der Waals surface area contributed by atoms with E-state index < -0.39 is 0 Å². The third-order valence-electron chi connectivity index (χ3n) is 1.18. The molecule has 0 atom stereocenters. The van der Waals surface area contributed by atoms with Crippen molar-refractivity contribution in [2.45, 2.75) is 6.54 Å². The highest BCUT2D eigenvalue weighted by Gasteiger charge is 2.09. The fraction of sp³-hybridized carbons (Fsp3) is 0.400. The summed E-state index contributed by atoms with van der Waals surface area (Å²) in [4.78, 5) is 0. The largest absolute Gasteiger partial charge is 0.325 e. The van der Waals surface area contributed by atoms with Gasteiger partial charge in [0.1, 0.15) is 10.2 Å². The maximum Gasteiger partial charge on any atom is 0.145 e. The van der Waals surface area contributed by atoms with Gasteiger partial charge in [0.05, 0.1) is 5.69 Å². The number of rotatable bonds is 1. The summed E-state index contributed by atoms with van der Waals surface area (Å²) in [6.07, 6.45) is 0. The second-order valence-corrected chi connectivity index (χ2v) is 2.62. The van der Waals surface area contributed by atoms with Crippen molar-refractivity contribution in [3.8, 4) is 0 Å². The molecule has 0 saturated carbocycles. The fourth-order valence-electron chi connectivity index (χ4n) is 0.660. The van der Waals surface area contributed by atoms with Gasteiger partial charge in [-0.3, -0.25) is 4.68 Å². The molecule has 11 heavy (non-hydrogen) atoms. The summed E-state index contributed by atoms with van der Waals surface area (Å²) >= 11 is 11.4. The van der Waals surface area contributed by atoms with E-state index in [9.17, 15) is 0 Å². The van der Waals surface area contributed by atoms with E-state index in [0.29, 0.717) is 22.4 Å². The minimum atomic E-state index is 0. The van der Waals surface area contributed by atoms with Gasteiger partial charge < -0.3 is 5.73 Å². The highest BCUT2D eigenvalue weighted by atomic mass is 35.5. The maximum absolute atomic E-state index is 5.72. The van der Waals surface area contributed by atoms with Gasteiger partial charge in [0.25, 0.3) is 0 Å². The van der Waals surface area contributed by atoms with Crippen LogP contribution in [0.15, 0.2) is 0 Å². The van der Waals surface area contributed by atoms with E-state index in [4.69, 9.17) is 28.9 Å². The van der Waals surface area contributed by atoms with Crippen LogP contribution >= 0.6 is 35.6 Å². The molecule has 1 heterocycles. The molecule has 2 N–H and O–H groups in total. The van der Waals surface area contributed by atoms with E-state index in [-0.39, 0.29) is 12.4 Å². The predicted octanol–water partition coefficient (Wildman–Crippen LogP) is 1.61. The van der Waals surface area contributed by atoms with Crippen LogP contribution < -0.4 is 5.73 Å². The number of nitrogens with two attached hydrogens (primary N) is 1. The summed E-state index contributed by atoms with van der Waals surface area (Å²) in [6, 6.07) is 0. The molecule has 0 unspecified atom stereocenters. The van der Waals surface area contributed by atoms with E-state index in [0.717, 1.165) is 0 Å². The van der Waals surface area contributed by atoms with Gasteiger partial charge in [-0.25, -0.2) is 0 Å². The second-order valence-electron chi connectivity index (χ2n) is 1.88. The summed E-state index contributed by atoms with van der Waals surface area (Å²) in [5.41, 5.74) is 5.95. The lowest BCUT2D eigenvalue weighted by atomic mass is 10.4. The van der Waals surface area contributed by atoms with Crippen LogP contribution in [0.25, 0.3) is 0 Å². The van der Waals surface area contributed by atoms with Crippen molar-refractivity contribution in [1.29, 1.82) is 0 Å². The first-order chi connectivity index (χ1) is 4.66. The van der Waals surface area contributed by atoms with Crippen LogP contribution in [0.4, 0.5) is 0 Å². The third kappa shape index (κ3) is 1.99. The van der Waals surface area contributed by atoms with Crippen LogP contribution in [0.5, 0.6) is 0 Å². The number of aryl methyl sites for hydroxylation is 1. The van der Waals surface area contributed by atoms with Crippen LogP contribution in [-0.4, -0.2) is 9.78 Å². The van der Waals surface area contributed by atoms with Gasteiger partial charge in [-0.2, -0.15) is 5.10 Å². The molecule has 3 nitrogen and oxygen atoms in total. The van der Waals surface area contributed by atoms with Crippen LogP contribution in [-0.2, 0) is 13.6 Å². The molecule has 64 valence electrons. The van der Waals surface area contributed by atoms with Gasteiger partial charge in [-0.15, -0.1) is 12.4 Å². The minimum Gasteiger partial charge on any atom is -0.325 e. The van der Waals surface area contributed by atoms with Crippen molar-refractivity contribution in [1.82, 2.24) is 9.78 Å². The summed E-state index contributed by atoms with van der Waals surface area (Å²) in [5.74, 6) is 0. The Morgan fingerprint density at radius 1 is 1.55 bits per heavy atom. The van der Waals surface area contributed by atoms with Crippen molar-refractivity contribution >= 4 is 35.6 Å². The lowest BCUT2D eigenvalue weighted by Gasteiger charge is -1.86. The highest BCUT2D eigenvalue weighted by molar-refractivity contribution is 6.41. The minimum absolute atomic E-state index is 0. The molecule has 0 aliphatic heterocycles. The molecule has 0 bridgehead atoms. The summed E-state index contributed by atoms with van der Waals surface area (Å²) < 4.78 is 1.49. The monoisotopic (exact) mass is 215 g/mol. The molecule has 6 heteroatoms. The van der Waals surface area contributed by atoms with Gasteiger partial charge in [0.15, 0.2) is 0 Å². The standard InChI is InChI=1S/C5H7Cl2N3.ClH/c1-10-5(7)4(6)3(2-8)9-10;/h2,8H2,1H3;1H. The van der Waals surface area contributed by atoms with E-state index in [1.165, 1.54) is 4.68 Å². The molecule has 1 rings (SSSR count). The number of hydrogen-bond acceptors (Lipinski definition) is 2. The van der Waals surface area contributed by atoms with Crippen molar-refractivity contribution in [2.24, 2.45) is 12.8 Å². The zero-order valence-electron chi connectivity index (χ0n) is 5.84. The molecule has 0 amide bonds. The number of nitrogens with zero attached hydrogens (tertiary/aromatic N) is 2. The average molecular weight is 216 g/mol. The Morgan fingerprint density at radius 3 is 2.27 bits per heavy atom. The Bertz CT molecular complexity index is 245. The molecule has 0 spiro atoms. The van der Waals surface area contributed by atoms with E-state index >= 15 is 0 Å². The molecule has 0 fully saturated rings. The maximum atomic E-state index is 5.72. The summed E-state index contributed by atoms with van der Waals surface area (Å²) in [6.45, 7) is 0.319. The SMILES string of the molecule is Cl.Cn1nc(CN)c(Cl)c1Cl. The lowest BCUT2D eigenvalue weighted by molar-refractivity contribution is 0.743. The molecule has 0 radical (unpaired) electrons. The summed E-state index contributed by atoms with van der Waals surface area (Å²) in [5, 5.41) is 4.84. The highest BCUT2D eigenvalue weighted by Crippen LogP contribution is 2.23. The number of halogens is 3. The Morgan fingerprint density at radius 2 is 2.09 bits per heavy atom. The van der Waals surface area contributed by atoms with Crippen molar-refractivity contribution < 1.29 is 0 Å². The molecule has 0 aromatic carbocycles. The predicted molar refractivity (Wildman–Crippen MR) is 48.4 cm³/mol. The Hall–Kier alpha value is 0.0400. The van der Waals surface area contributed by atoms with Crippen LogP contribution in [0, 0.1) is 0 Å². The van der Waals surface area contributed by atoms with Gasteiger partial charge in [0, 0.05) is 13.6 Å². The van der Waals surface area contributed by atoms with Gasteiger partial charge in [0.2, 0.25) is 0 Å². The lowest BCUT2D eigenvalue weighted by Crippen LogP contribution is -1.98. The summed E-state index contributed by atoms with van der Waals surface area (Å²) in [7, 11) is 1.72. The van der Waals surface area contributed by atoms with Gasteiger partial charge >= 0.3 is 0 Å². The van der Waals surface area contributed by atoms with Gasteiger partial charge in [-0.05, 0) is 0 Å². The molecular formula is C5H8Cl3N3. The van der Waals surface area contributed by atoms with E-state index in [2.05, 4.69) is 5.10 Å². The first kappa shape index (κ1) is 11.0. The van der Waals surface area contributed by atoms with Gasteiger partial charge in [-0.1, -0.05) is 23.2 Å². The average Bonchev–Trinajstić information content (AvgIpc) is 2.17. The molecule has 0 saturated heterocycles. The van der Waals surface area contributed by atoms with Crippen molar-refractivity contribution in [2.75, 3.05) is 0 Å². The molecule has 0 aliphatic carbocycles. The third-order valence-corrected chi connectivity index (χ3v) is 2.11. The first-order valence-corrected chi connectivity index (χ1v) is 3.49. The molecule has 1 aromatic rings. The molecular weight excluding hydrogens is 208 g/mol. The quantitative estimate of drug-likeness (QED) is 0.775. The Kier molecular flexibility index (Phi) is 4.18. The topological polar surface area (TPSA) is 43.8 Å². The number of hydrogen-bond donors (Lipinski definition) is 1. The first-order valence-electron chi connectivity index (χ1n) is 2.73. The number of aromatic nitrogens is 2. The van der Waals surface area contributed by atoms with E-state index in [1.807, 2.05) is 0 Å². The van der Waals surface area contributed by atoms with Crippen molar-refractivity contribution in [3.63, 3.8) is 0 Å². The zero-order chi connectivity index (χ0) is 7.72. The van der Waals surface area contributed by atoms with E-state index in [1.54, 1.807) is 7.05 Å². The Labute approximate surface area is 80.9 Å². The fourth-order valence-corrected chi connectivity index (χ4v) is 1.04. The van der Waals surface area contributed by atoms with Crippen LogP contribution in [0.1, 0.15) is 5.69 Å². The van der Waals surface area contributed by atoms with Crippen molar-refractivity contribution in [3.05, 3.63) is 15.9 Å². The van der Waals surface area contributed by atoms with Crippen LogP contribution in [0.3, 0.4) is 0 Å².